The maximum absolute atomic E-state index is 12.0. The number of carbonyl (C=O) groups is 1. The van der Waals surface area contributed by atoms with Gasteiger partial charge in [0.1, 0.15) is 6.10 Å². The van der Waals surface area contributed by atoms with Gasteiger partial charge in [-0.1, -0.05) is 37.3 Å². The van der Waals surface area contributed by atoms with Crippen LogP contribution < -0.4 is 5.32 Å². The Hall–Kier alpha value is -1.55. The molecular weight excluding hydrogens is 276 g/mol. The third kappa shape index (κ3) is 5.02. The highest BCUT2D eigenvalue weighted by molar-refractivity contribution is 5.68. The minimum Gasteiger partial charge on any atom is -0.445 e. The average molecular weight is 304 g/mol. The average Bonchev–Trinajstić information content (AvgIpc) is 2.79. The fourth-order valence-electron chi connectivity index (χ4n) is 2.90. The third-order valence-electron chi connectivity index (χ3n) is 3.97. The number of carbonyl (C=O) groups excluding carboxylic acids is 1. The molecule has 1 amide bonds. The van der Waals surface area contributed by atoms with Gasteiger partial charge in [0.05, 0.1) is 0 Å². The lowest BCUT2D eigenvalue weighted by molar-refractivity contribution is 0.0744. The molecule has 0 saturated carbocycles. The number of nitrogens with one attached hydrogen (secondary N) is 1. The maximum Gasteiger partial charge on any atom is 0.407 e. The Morgan fingerprint density at radius 2 is 1.95 bits per heavy atom. The van der Waals surface area contributed by atoms with Crippen molar-refractivity contribution in [2.45, 2.75) is 52.3 Å². The smallest absolute Gasteiger partial charge is 0.407 e. The van der Waals surface area contributed by atoms with Gasteiger partial charge < -0.3 is 10.1 Å². The molecule has 22 heavy (non-hydrogen) atoms. The summed E-state index contributed by atoms with van der Waals surface area (Å²) in [5.74, 6) is 0.412. The number of rotatable bonds is 4. The van der Waals surface area contributed by atoms with Crippen molar-refractivity contribution in [2.75, 3.05) is 13.1 Å². The first-order chi connectivity index (χ1) is 10.4. The Bertz CT molecular complexity index is 482. The highest BCUT2D eigenvalue weighted by atomic mass is 16.6. The topological polar surface area (TPSA) is 41.6 Å². The Labute approximate surface area is 133 Å². The SMILES string of the molecule is CCC1CN(Cc2ccccc2)CC1OC(=O)NC(C)(C)C. The molecule has 1 heterocycles. The van der Waals surface area contributed by atoms with Crippen molar-refractivity contribution in [2.24, 2.45) is 5.92 Å². The lowest BCUT2D eigenvalue weighted by Crippen LogP contribution is -2.43. The van der Waals surface area contributed by atoms with Gasteiger partial charge in [-0.15, -0.1) is 0 Å². The van der Waals surface area contributed by atoms with Crippen LogP contribution in [0.15, 0.2) is 30.3 Å². The molecule has 0 radical (unpaired) electrons. The second kappa shape index (κ2) is 7.14. The van der Waals surface area contributed by atoms with Crippen LogP contribution in [0.2, 0.25) is 0 Å². The molecule has 4 heteroatoms. The van der Waals surface area contributed by atoms with Gasteiger partial charge in [0.2, 0.25) is 0 Å². The van der Waals surface area contributed by atoms with Gasteiger partial charge in [-0.05, 0) is 32.8 Å². The highest BCUT2D eigenvalue weighted by Crippen LogP contribution is 2.24. The summed E-state index contributed by atoms with van der Waals surface area (Å²) in [6.07, 6.45) is 0.701. The second-order valence-corrected chi connectivity index (χ2v) is 7.17. The van der Waals surface area contributed by atoms with E-state index in [0.717, 1.165) is 26.1 Å². The molecule has 1 saturated heterocycles. The summed E-state index contributed by atoms with van der Waals surface area (Å²) in [7, 11) is 0. The summed E-state index contributed by atoms with van der Waals surface area (Å²) in [6, 6.07) is 10.4. The molecule has 122 valence electrons. The number of ether oxygens (including phenoxy) is 1. The molecule has 1 aromatic carbocycles. The predicted octanol–water partition coefficient (Wildman–Crippen LogP) is 3.42. The third-order valence-corrected chi connectivity index (χ3v) is 3.97. The molecule has 1 aliphatic rings. The quantitative estimate of drug-likeness (QED) is 0.926. The number of likely N-dealkylation sites (tertiary alicyclic amines) is 1. The van der Waals surface area contributed by atoms with Crippen LogP contribution in [-0.4, -0.2) is 35.7 Å². The molecule has 0 bridgehead atoms. The van der Waals surface area contributed by atoms with E-state index in [0.29, 0.717) is 5.92 Å². The summed E-state index contributed by atoms with van der Waals surface area (Å²) in [6.45, 7) is 10.8. The zero-order valence-corrected chi connectivity index (χ0v) is 14.1. The molecule has 1 fully saturated rings. The van der Waals surface area contributed by atoms with Gasteiger partial charge in [0.25, 0.3) is 0 Å². The van der Waals surface area contributed by atoms with Crippen molar-refractivity contribution in [1.82, 2.24) is 10.2 Å². The fraction of sp³-hybridized carbons (Fsp3) is 0.611. The number of alkyl carbamates (subject to hydrolysis) is 1. The number of nitrogens with zero attached hydrogens (tertiary/aromatic N) is 1. The normalized spacial score (nSPS) is 22.5. The monoisotopic (exact) mass is 304 g/mol. The van der Waals surface area contributed by atoms with Gasteiger partial charge in [-0.3, -0.25) is 4.90 Å². The lowest BCUT2D eigenvalue weighted by atomic mass is 10.0. The molecule has 1 aromatic rings. The molecule has 2 rings (SSSR count). The first-order valence-corrected chi connectivity index (χ1v) is 8.12. The van der Waals surface area contributed by atoms with E-state index in [9.17, 15) is 4.79 Å². The molecule has 0 spiro atoms. The van der Waals surface area contributed by atoms with E-state index in [1.807, 2.05) is 26.8 Å². The van der Waals surface area contributed by atoms with Crippen molar-refractivity contribution >= 4 is 6.09 Å². The molecule has 2 atom stereocenters. The van der Waals surface area contributed by atoms with Crippen LogP contribution in [0, 0.1) is 5.92 Å². The van der Waals surface area contributed by atoms with Crippen molar-refractivity contribution in [3.05, 3.63) is 35.9 Å². The Balaban J connectivity index is 1.90. The number of benzene rings is 1. The molecule has 1 aliphatic heterocycles. The summed E-state index contributed by atoms with van der Waals surface area (Å²) in [5, 5.41) is 2.88. The van der Waals surface area contributed by atoms with Crippen LogP contribution in [0.1, 0.15) is 39.7 Å². The van der Waals surface area contributed by atoms with E-state index in [4.69, 9.17) is 4.74 Å². The predicted molar refractivity (Wildman–Crippen MR) is 88.7 cm³/mol. The van der Waals surface area contributed by atoms with Crippen LogP contribution in [0.25, 0.3) is 0 Å². The zero-order chi connectivity index (χ0) is 16.2. The van der Waals surface area contributed by atoms with E-state index >= 15 is 0 Å². The van der Waals surface area contributed by atoms with Gasteiger partial charge in [-0.2, -0.15) is 0 Å². The number of hydrogen-bond donors (Lipinski definition) is 1. The Kier molecular flexibility index (Phi) is 5.46. The standard InChI is InChI=1S/C18H28N2O2/c1-5-15-12-20(11-14-9-7-6-8-10-14)13-16(15)22-17(21)19-18(2,3)4/h6-10,15-16H,5,11-13H2,1-4H3,(H,19,21). The molecule has 0 aromatic heterocycles. The van der Waals surface area contributed by atoms with Crippen LogP contribution in [0.5, 0.6) is 0 Å². The summed E-state index contributed by atoms with van der Waals surface area (Å²) in [4.78, 5) is 14.4. The largest absolute Gasteiger partial charge is 0.445 e. The summed E-state index contributed by atoms with van der Waals surface area (Å²) in [5.41, 5.74) is 1.04. The van der Waals surface area contributed by atoms with Crippen LogP contribution in [0.3, 0.4) is 0 Å². The first-order valence-electron chi connectivity index (χ1n) is 8.12. The van der Waals surface area contributed by atoms with E-state index in [-0.39, 0.29) is 17.7 Å². The molecule has 1 N–H and O–H groups in total. The van der Waals surface area contributed by atoms with Crippen LogP contribution in [-0.2, 0) is 11.3 Å². The van der Waals surface area contributed by atoms with E-state index < -0.39 is 0 Å². The second-order valence-electron chi connectivity index (χ2n) is 7.17. The van der Waals surface area contributed by atoms with E-state index in [1.165, 1.54) is 5.56 Å². The number of hydrogen-bond acceptors (Lipinski definition) is 3. The molecule has 2 unspecified atom stereocenters. The highest BCUT2D eigenvalue weighted by Gasteiger charge is 2.34. The van der Waals surface area contributed by atoms with Crippen molar-refractivity contribution < 1.29 is 9.53 Å². The minimum absolute atomic E-state index is 0.0175. The summed E-state index contributed by atoms with van der Waals surface area (Å²) < 4.78 is 5.67. The van der Waals surface area contributed by atoms with Crippen LogP contribution >= 0.6 is 0 Å². The number of amides is 1. The minimum atomic E-state index is -0.308. The van der Waals surface area contributed by atoms with Gasteiger partial charge in [0, 0.05) is 31.1 Å². The maximum atomic E-state index is 12.0. The Morgan fingerprint density at radius 1 is 1.27 bits per heavy atom. The van der Waals surface area contributed by atoms with Crippen molar-refractivity contribution in [3.8, 4) is 0 Å². The lowest BCUT2D eigenvalue weighted by Gasteiger charge is -2.23. The van der Waals surface area contributed by atoms with Gasteiger partial charge in [0.15, 0.2) is 0 Å². The van der Waals surface area contributed by atoms with Crippen LogP contribution in [0.4, 0.5) is 4.79 Å². The molecular formula is C18H28N2O2. The Morgan fingerprint density at radius 3 is 2.55 bits per heavy atom. The zero-order valence-electron chi connectivity index (χ0n) is 14.1. The summed E-state index contributed by atoms with van der Waals surface area (Å²) >= 11 is 0. The van der Waals surface area contributed by atoms with Crippen molar-refractivity contribution in [1.29, 1.82) is 0 Å². The van der Waals surface area contributed by atoms with Crippen molar-refractivity contribution in [3.63, 3.8) is 0 Å². The fourth-order valence-corrected chi connectivity index (χ4v) is 2.90. The first kappa shape index (κ1) is 16.8. The van der Waals surface area contributed by atoms with E-state index in [2.05, 4.69) is 41.4 Å². The molecule has 4 nitrogen and oxygen atoms in total. The van der Waals surface area contributed by atoms with Gasteiger partial charge in [-0.25, -0.2) is 4.79 Å². The molecule has 0 aliphatic carbocycles. The van der Waals surface area contributed by atoms with E-state index in [1.54, 1.807) is 0 Å². The van der Waals surface area contributed by atoms with Gasteiger partial charge >= 0.3 is 6.09 Å².